The Morgan fingerprint density at radius 3 is 2.95 bits per heavy atom. The molecule has 1 aliphatic rings. The molecule has 1 saturated heterocycles. The van der Waals surface area contributed by atoms with E-state index in [1.807, 2.05) is 4.90 Å². The predicted molar refractivity (Wildman–Crippen MR) is 73.1 cm³/mol. The molecular weight excluding hydrogens is 258 g/mol. The van der Waals surface area contributed by atoms with Gasteiger partial charge in [-0.05, 0) is 31.2 Å². The lowest BCUT2D eigenvalue weighted by atomic mass is 9.92. The summed E-state index contributed by atoms with van der Waals surface area (Å²) in [4.78, 5) is 17.6. The van der Waals surface area contributed by atoms with Crippen LogP contribution in [0.25, 0.3) is 0 Å². The molecule has 1 aromatic heterocycles. The van der Waals surface area contributed by atoms with Crippen molar-refractivity contribution >= 4 is 5.97 Å². The lowest BCUT2D eigenvalue weighted by molar-refractivity contribution is -0.145. The third-order valence-corrected chi connectivity index (χ3v) is 3.70. The molecule has 1 aliphatic heterocycles. The lowest BCUT2D eigenvalue weighted by Gasteiger charge is -2.35. The second-order valence-corrected chi connectivity index (χ2v) is 6.16. The van der Waals surface area contributed by atoms with Gasteiger partial charge in [-0.3, -0.25) is 9.69 Å². The van der Waals surface area contributed by atoms with Gasteiger partial charge in [-0.15, -0.1) is 0 Å². The van der Waals surface area contributed by atoms with E-state index in [0.29, 0.717) is 36.5 Å². The van der Waals surface area contributed by atoms with Crippen molar-refractivity contribution in [3.05, 3.63) is 11.7 Å². The molecule has 2 rings (SSSR count). The van der Waals surface area contributed by atoms with E-state index >= 15 is 0 Å². The molecule has 2 heterocycles. The number of likely N-dealkylation sites (tertiary alicyclic amines) is 1. The zero-order chi connectivity index (χ0) is 14.7. The molecule has 1 N–H and O–H groups in total. The van der Waals surface area contributed by atoms with Gasteiger partial charge in [-0.25, -0.2) is 0 Å². The van der Waals surface area contributed by atoms with E-state index < -0.39 is 12.0 Å². The molecule has 0 saturated carbocycles. The number of hydrogen-bond donors (Lipinski definition) is 1. The molecule has 20 heavy (non-hydrogen) atoms. The lowest BCUT2D eigenvalue weighted by Crippen LogP contribution is -2.46. The minimum Gasteiger partial charge on any atom is -0.480 e. The van der Waals surface area contributed by atoms with Crippen molar-refractivity contribution in [2.75, 3.05) is 6.54 Å². The van der Waals surface area contributed by atoms with Gasteiger partial charge in [0.2, 0.25) is 5.89 Å². The van der Waals surface area contributed by atoms with Crippen LogP contribution >= 0.6 is 0 Å². The highest BCUT2D eigenvalue weighted by atomic mass is 16.5. The summed E-state index contributed by atoms with van der Waals surface area (Å²) >= 11 is 0. The van der Waals surface area contributed by atoms with Crippen LogP contribution in [-0.2, 0) is 17.8 Å². The Bertz CT molecular complexity index is 458. The molecular formula is C14H23N3O3. The third-order valence-electron chi connectivity index (χ3n) is 3.70. The number of carboxylic acid groups (broad SMARTS) is 1. The minimum atomic E-state index is -0.762. The van der Waals surface area contributed by atoms with Gasteiger partial charge in [0.1, 0.15) is 6.04 Å². The van der Waals surface area contributed by atoms with E-state index in [9.17, 15) is 9.90 Å². The summed E-state index contributed by atoms with van der Waals surface area (Å²) in [5.74, 6) is 1.37. The van der Waals surface area contributed by atoms with E-state index in [4.69, 9.17) is 4.52 Å². The van der Waals surface area contributed by atoms with Crippen LogP contribution < -0.4 is 0 Å². The van der Waals surface area contributed by atoms with Crippen LogP contribution in [0.15, 0.2) is 4.52 Å². The molecule has 112 valence electrons. The van der Waals surface area contributed by atoms with E-state index in [-0.39, 0.29) is 0 Å². The molecule has 2 unspecified atom stereocenters. The van der Waals surface area contributed by atoms with Crippen LogP contribution in [0.1, 0.15) is 45.3 Å². The van der Waals surface area contributed by atoms with Crippen LogP contribution in [0.3, 0.4) is 0 Å². The number of carboxylic acids is 1. The third kappa shape index (κ3) is 3.79. The fourth-order valence-corrected chi connectivity index (χ4v) is 2.60. The number of piperidine rings is 1. The van der Waals surface area contributed by atoms with Crippen molar-refractivity contribution in [3.63, 3.8) is 0 Å². The minimum absolute atomic E-state index is 0.439. The van der Waals surface area contributed by atoms with Crippen molar-refractivity contribution in [3.8, 4) is 0 Å². The summed E-state index contributed by atoms with van der Waals surface area (Å²) in [5.41, 5.74) is 0. The first-order valence-electron chi connectivity index (χ1n) is 7.24. The molecule has 0 aromatic carbocycles. The normalized spacial score (nSPS) is 24.2. The smallest absolute Gasteiger partial charge is 0.320 e. The van der Waals surface area contributed by atoms with Crippen LogP contribution in [0.4, 0.5) is 0 Å². The number of nitrogens with zero attached hydrogens (tertiary/aromatic N) is 3. The first-order chi connectivity index (χ1) is 9.45. The number of hydrogen-bond acceptors (Lipinski definition) is 5. The van der Waals surface area contributed by atoms with Crippen LogP contribution in [0.2, 0.25) is 0 Å². The summed E-state index contributed by atoms with van der Waals surface area (Å²) in [7, 11) is 0. The monoisotopic (exact) mass is 281 g/mol. The topological polar surface area (TPSA) is 79.5 Å². The van der Waals surface area contributed by atoms with Crippen molar-refractivity contribution < 1.29 is 14.4 Å². The highest BCUT2D eigenvalue weighted by molar-refractivity contribution is 5.73. The van der Waals surface area contributed by atoms with Crippen molar-refractivity contribution in [2.45, 2.75) is 52.6 Å². The standard InChI is InChI=1S/C14H23N3O3/c1-9(2)6-13-15-12(16-20-13)8-17-5-4-10(3)7-11(17)14(18)19/h9-11H,4-8H2,1-3H3,(H,18,19). The molecule has 1 aromatic rings. The van der Waals surface area contributed by atoms with Crippen LogP contribution in [-0.4, -0.2) is 38.7 Å². The quantitative estimate of drug-likeness (QED) is 0.888. The number of rotatable bonds is 5. The molecule has 6 heteroatoms. The molecule has 0 radical (unpaired) electrons. The summed E-state index contributed by atoms with van der Waals surface area (Å²) in [5, 5.41) is 13.3. The van der Waals surface area contributed by atoms with Gasteiger partial charge < -0.3 is 9.63 Å². The molecule has 0 amide bonds. The van der Waals surface area contributed by atoms with Gasteiger partial charge in [-0.2, -0.15) is 4.98 Å². The largest absolute Gasteiger partial charge is 0.480 e. The van der Waals surface area contributed by atoms with E-state index in [0.717, 1.165) is 19.4 Å². The summed E-state index contributed by atoms with van der Waals surface area (Å²) in [6, 6.07) is -0.439. The first kappa shape index (κ1) is 15.0. The van der Waals surface area contributed by atoms with E-state index in [1.165, 1.54) is 0 Å². The average Bonchev–Trinajstić information content (AvgIpc) is 2.77. The number of aromatic nitrogens is 2. The Morgan fingerprint density at radius 1 is 1.55 bits per heavy atom. The second kappa shape index (κ2) is 6.35. The summed E-state index contributed by atoms with van der Waals surface area (Å²) in [6.07, 6.45) is 2.46. The number of carbonyl (C=O) groups is 1. The zero-order valence-corrected chi connectivity index (χ0v) is 12.4. The van der Waals surface area contributed by atoms with Gasteiger partial charge in [0, 0.05) is 6.42 Å². The fraction of sp³-hybridized carbons (Fsp3) is 0.786. The van der Waals surface area contributed by atoms with Crippen molar-refractivity contribution in [2.24, 2.45) is 11.8 Å². The molecule has 1 fully saturated rings. The Hall–Kier alpha value is -1.43. The molecule has 6 nitrogen and oxygen atoms in total. The predicted octanol–water partition coefficient (Wildman–Crippen LogP) is 1.95. The summed E-state index contributed by atoms with van der Waals surface area (Å²) < 4.78 is 5.20. The molecule has 0 bridgehead atoms. The van der Waals surface area contributed by atoms with E-state index in [2.05, 4.69) is 30.9 Å². The second-order valence-electron chi connectivity index (χ2n) is 6.16. The number of aliphatic carboxylic acids is 1. The zero-order valence-electron chi connectivity index (χ0n) is 12.4. The highest BCUT2D eigenvalue weighted by Crippen LogP contribution is 2.24. The SMILES string of the molecule is CC(C)Cc1nc(CN2CCC(C)CC2C(=O)O)no1. The van der Waals surface area contributed by atoms with Crippen LogP contribution in [0, 0.1) is 11.8 Å². The molecule has 0 aliphatic carbocycles. The summed E-state index contributed by atoms with van der Waals surface area (Å²) in [6.45, 7) is 7.51. The maximum absolute atomic E-state index is 11.3. The van der Waals surface area contributed by atoms with E-state index in [1.54, 1.807) is 0 Å². The van der Waals surface area contributed by atoms with Crippen molar-refractivity contribution in [1.29, 1.82) is 0 Å². The molecule has 2 atom stereocenters. The van der Waals surface area contributed by atoms with Crippen LogP contribution in [0.5, 0.6) is 0 Å². The van der Waals surface area contributed by atoms with Gasteiger partial charge >= 0.3 is 5.97 Å². The Balaban J connectivity index is 2.00. The maximum Gasteiger partial charge on any atom is 0.320 e. The van der Waals surface area contributed by atoms with Gasteiger partial charge in [0.05, 0.1) is 6.54 Å². The first-order valence-corrected chi connectivity index (χ1v) is 7.24. The Kier molecular flexibility index (Phi) is 4.75. The highest BCUT2D eigenvalue weighted by Gasteiger charge is 2.32. The van der Waals surface area contributed by atoms with Gasteiger partial charge in [0.15, 0.2) is 5.82 Å². The average molecular weight is 281 g/mol. The Morgan fingerprint density at radius 2 is 2.30 bits per heavy atom. The fourth-order valence-electron chi connectivity index (χ4n) is 2.60. The van der Waals surface area contributed by atoms with Gasteiger partial charge in [-0.1, -0.05) is 25.9 Å². The maximum atomic E-state index is 11.3. The Labute approximate surface area is 119 Å². The molecule has 0 spiro atoms. The van der Waals surface area contributed by atoms with Crippen molar-refractivity contribution in [1.82, 2.24) is 15.0 Å². The van der Waals surface area contributed by atoms with Gasteiger partial charge in [0.25, 0.3) is 0 Å².